The number of ether oxygens (including phenoxy) is 2. The molecule has 1 aliphatic rings. The number of hydrogen-bond acceptors (Lipinski definition) is 2. The number of benzene rings is 1. The smallest absolute Gasteiger partial charge is 0.406 e. The Hall–Kier alpha value is -1.30. The summed E-state index contributed by atoms with van der Waals surface area (Å²) in [5.41, 5.74) is 0.254. The average Bonchev–Trinajstić information content (AvgIpc) is 2.84. The molecule has 2 nitrogen and oxygen atoms in total. The van der Waals surface area contributed by atoms with Gasteiger partial charge in [-0.3, -0.25) is 0 Å². The maximum absolute atomic E-state index is 13.2. The van der Waals surface area contributed by atoms with Gasteiger partial charge in [-0.15, -0.1) is 13.2 Å². The zero-order chi connectivity index (χ0) is 11.1. The highest BCUT2D eigenvalue weighted by molar-refractivity contribution is 5.31. The first kappa shape index (κ1) is 10.2. The Morgan fingerprint density at radius 1 is 1.33 bits per heavy atom. The quantitative estimate of drug-likeness (QED) is 0.566. The third kappa shape index (κ3) is 2.59. The maximum Gasteiger partial charge on any atom is 0.573 e. The van der Waals surface area contributed by atoms with Gasteiger partial charge in [-0.2, -0.15) is 0 Å². The molecule has 1 aromatic carbocycles. The summed E-state index contributed by atoms with van der Waals surface area (Å²) in [5, 5.41) is 0. The van der Waals surface area contributed by atoms with Crippen LogP contribution in [0.3, 0.4) is 0 Å². The van der Waals surface area contributed by atoms with Gasteiger partial charge in [0.05, 0.1) is 6.61 Å². The lowest BCUT2D eigenvalue weighted by molar-refractivity contribution is -0.274. The first-order valence-corrected chi connectivity index (χ1v) is 4.12. The van der Waals surface area contributed by atoms with Crippen molar-refractivity contribution in [1.82, 2.24) is 0 Å². The molecule has 0 bridgehead atoms. The summed E-state index contributed by atoms with van der Waals surface area (Å²) in [6.07, 6.45) is -5.13. The largest absolute Gasteiger partial charge is 0.573 e. The fourth-order valence-electron chi connectivity index (χ4n) is 1.19. The molecule has 0 saturated carbocycles. The van der Waals surface area contributed by atoms with Crippen LogP contribution < -0.4 is 4.74 Å². The maximum atomic E-state index is 13.2. The van der Waals surface area contributed by atoms with Crippen molar-refractivity contribution in [3.05, 3.63) is 29.6 Å². The molecule has 0 aliphatic carbocycles. The van der Waals surface area contributed by atoms with Crippen LogP contribution >= 0.6 is 0 Å². The van der Waals surface area contributed by atoms with Crippen LogP contribution in [0.5, 0.6) is 5.75 Å². The Kier molecular flexibility index (Phi) is 2.30. The minimum Gasteiger partial charge on any atom is -0.406 e. The van der Waals surface area contributed by atoms with Crippen molar-refractivity contribution in [1.29, 1.82) is 0 Å². The Labute approximate surface area is 82.4 Å². The van der Waals surface area contributed by atoms with Crippen molar-refractivity contribution in [3.63, 3.8) is 0 Å². The van der Waals surface area contributed by atoms with Crippen LogP contribution in [0.4, 0.5) is 17.6 Å². The second-order valence-corrected chi connectivity index (χ2v) is 3.05. The minimum atomic E-state index is -4.80. The summed E-state index contributed by atoms with van der Waals surface area (Å²) in [5.74, 6) is -1.32. The van der Waals surface area contributed by atoms with Crippen LogP contribution in [0.25, 0.3) is 0 Å². The summed E-state index contributed by atoms with van der Waals surface area (Å²) < 4.78 is 56.9. The molecular formula is C9H6F4O2. The molecule has 1 atom stereocenters. The SMILES string of the molecule is Fc1cc(OC(F)(F)F)ccc1C1CO1. The third-order valence-corrected chi connectivity index (χ3v) is 1.89. The van der Waals surface area contributed by atoms with E-state index in [4.69, 9.17) is 4.74 Å². The Morgan fingerprint density at radius 2 is 2.00 bits per heavy atom. The lowest BCUT2D eigenvalue weighted by Gasteiger charge is -2.09. The molecule has 15 heavy (non-hydrogen) atoms. The standard InChI is InChI=1S/C9H6F4O2/c10-7-3-5(15-9(11,12)13)1-2-6(7)8-4-14-8/h1-3,8H,4H2. The van der Waals surface area contributed by atoms with E-state index in [0.717, 1.165) is 6.07 Å². The predicted molar refractivity (Wildman–Crippen MR) is 41.8 cm³/mol. The monoisotopic (exact) mass is 222 g/mol. The molecule has 1 heterocycles. The predicted octanol–water partition coefficient (Wildman–Crippen LogP) is 2.80. The van der Waals surface area contributed by atoms with Gasteiger partial charge in [-0.05, 0) is 12.1 Å². The van der Waals surface area contributed by atoms with E-state index in [2.05, 4.69) is 4.74 Å². The van der Waals surface area contributed by atoms with Gasteiger partial charge in [0, 0.05) is 11.6 Å². The fraction of sp³-hybridized carbons (Fsp3) is 0.333. The molecule has 0 N–H and O–H groups in total. The Morgan fingerprint density at radius 3 is 2.47 bits per heavy atom. The Bertz CT molecular complexity index is 371. The first-order valence-electron chi connectivity index (χ1n) is 4.12. The van der Waals surface area contributed by atoms with E-state index in [1.165, 1.54) is 6.07 Å². The van der Waals surface area contributed by atoms with Gasteiger partial charge in [-0.1, -0.05) is 0 Å². The zero-order valence-electron chi connectivity index (χ0n) is 7.34. The van der Waals surface area contributed by atoms with E-state index in [1.54, 1.807) is 0 Å². The van der Waals surface area contributed by atoms with Crippen molar-refractivity contribution >= 4 is 0 Å². The van der Waals surface area contributed by atoms with Crippen LogP contribution in [-0.2, 0) is 4.74 Å². The van der Waals surface area contributed by atoms with Crippen LogP contribution in [0.1, 0.15) is 11.7 Å². The summed E-state index contributed by atoms with van der Waals surface area (Å²) in [6, 6.07) is 2.99. The number of alkyl halides is 3. The highest BCUT2D eigenvalue weighted by atomic mass is 19.4. The molecule has 1 fully saturated rings. The number of halogens is 4. The summed E-state index contributed by atoms with van der Waals surface area (Å²) in [7, 11) is 0. The molecule has 0 spiro atoms. The van der Waals surface area contributed by atoms with Crippen molar-refractivity contribution in [3.8, 4) is 5.75 Å². The highest BCUT2D eigenvalue weighted by Crippen LogP contribution is 2.34. The lowest BCUT2D eigenvalue weighted by atomic mass is 10.1. The van der Waals surface area contributed by atoms with Gasteiger partial charge in [0.25, 0.3) is 0 Å². The lowest BCUT2D eigenvalue weighted by Crippen LogP contribution is -2.17. The van der Waals surface area contributed by atoms with Crippen LogP contribution in [0.15, 0.2) is 18.2 Å². The van der Waals surface area contributed by atoms with E-state index in [9.17, 15) is 17.6 Å². The zero-order valence-corrected chi connectivity index (χ0v) is 7.34. The fourth-order valence-corrected chi connectivity index (χ4v) is 1.19. The van der Waals surface area contributed by atoms with Crippen LogP contribution in [0.2, 0.25) is 0 Å². The first-order chi connectivity index (χ1) is 6.96. The molecule has 0 amide bonds. The molecule has 0 radical (unpaired) electrons. The number of epoxide rings is 1. The van der Waals surface area contributed by atoms with E-state index in [1.807, 2.05) is 0 Å². The van der Waals surface area contributed by atoms with Crippen molar-refractivity contribution in [2.24, 2.45) is 0 Å². The topological polar surface area (TPSA) is 21.8 Å². The molecule has 1 saturated heterocycles. The molecule has 1 aliphatic heterocycles. The van der Waals surface area contributed by atoms with E-state index in [-0.39, 0.29) is 11.7 Å². The highest BCUT2D eigenvalue weighted by Gasteiger charge is 2.32. The second-order valence-electron chi connectivity index (χ2n) is 3.05. The molecular weight excluding hydrogens is 216 g/mol. The normalized spacial score (nSPS) is 20.1. The van der Waals surface area contributed by atoms with Gasteiger partial charge >= 0.3 is 6.36 Å². The molecule has 6 heteroatoms. The van der Waals surface area contributed by atoms with Gasteiger partial charge < -0.3 is 9.47 Å². The molecule has 82 valence electrons. The molecule has 2 rings (SSSR count). The van der Waals surface area contributed by atoms with E-state index >= 15 is 0 Å². The third-order valence-electron chi connectivity index (χ3n) is 1.89. The molecule has 1 aromatic rings. The van der Waals surface area contributed by atoms with Gasteiger partial charge in [0.1, 0.15) is 17.7 Å². The number of rotatable bonds is 2. The van der Waals surface area contributed by atoms with Gasteiger partial charge in [0.15, 0.2) is 0 Å². The molecule has 1 unspecified atom stereocenters. The average molecular weight is 222 g/mol. The van der Waals surface area contributed by atoms with E-state index in [0.29, 0.717) is 12.7 Å². The van der Waals surface area contributed by atoms with Crippen molar-refractivity contribution < 1.29 is 27.0 Å². The van der Waals surface area contributed by atoms with Gasteiger partial charge in [-0.25, -0.2) is 4.39 Å². The summed E-state index contributed by atoms with van der Waals surface area (Å²) in [6.45, 7) is 0.399. The van der Waals surface area contributed by atoms with Crippen molar-refractivity contribution in [2.45, 2.75) is 12.5 Å². The van der Waals surface area contributed by atoms with Crippen LogP contribution in [0, 0.1) is 5.82 Å². The minimum absolute atomic E-state index is 0.254. The second kappa shape index (κ2) is 3.37. The van der Waals surface area contributed by atoms with Crippen LogP contribution in [-0.4, -0.2) is 13.0 Å². The van der Waals surface area contributed by atoms with Gasteiger partial charge in [0.2, 0.25) is 0 Å². The summed E-state index contributed by atoms with van der Waals surface area (Å²) in [4.78, 5) is 0. The molecule has 0 aromatic heterocycles. The Balaban J connectivity index is 2.17. The van der Waals surface area contributed by atoms with Crippen molar-refractivity contribution in [2.75, 3.05) is 6.61 Å². The summed E-state index contributed by atoms with van der Waals surface area (Å²) >= 11 is 0. The van der Waals surface area contributed by atoms with E-state index < -0.39 is 17.9 Å². The number of hydrogen-bond donors (Lipinski definition) is 0.